The molecule has 0 aromatic heterocycles. The fourth-order valence-electron chi connectivity index (χ4n) is 3.04. The van der Waals surface area contributed by atoms with E-state index in [2.05, 4.69) is 12.2 Å². The highest BCUT2D eigenvalue weighted by atomic mass is 32.2. The molecule has 2 unspecified atom stereocenters. The molecule has 0 aliphatic heterocycles. The summed E-state index contributed by atoms with van der Waals surface area (Å²) >= 11 is 0. The maximum Gasteiger partial charge on any atom is 0.177 e. The molecule has 1 aromatic carbocycles. The molecule has 1 saturated carbocycles. The minimum absolute atomic E-state index is 0.352. The lowest BCUT2D eigenvalue weighted by Crippen LogP contribution is -2.24. The summed E-state index contributed by atoms with van der Waals surface area (Å²) in [7, 11) is -3.28. The Morgan fingerprint density at radius 2 is 1.82 bits per heavy atom. The minimum atomic E-state index is -3.28. The number of carbonyl (C=O) groups excluding carboxylic acids is 1. The van der Waals surface area contributed by atoms with Crippen LogP contribution < -0.4 is 5.32 Å². The number of hydrogen-bond acceptors (Lipinski definition) is 4. The molecule has 0 bridgehead atoms. The van der Waals surface area contributed by atoms with Gasteiger partial charge in [0.2, 0.25) is 0 Å². The highest BCUT2D eigenvalue weighted by Crippen LogP contribution is 2.29. The third kappa shape index (κ3) is 5.13. The molecule has 0 saturated heterocycles. The summed E-state index contributed by atoms with van der Waals surface area (Å²) in [6, 6.07) is 7.09. The fourth-order valence-corrected chi connectivity index (χ4v) is 3.68. The van der Waals surface area contributed by atoms with Gasteiger partial charge in [0.25, 0.3) is 0 Å². The van der Waals surface area contributed by atoms with Crippen molar-refractivity contribution in [3.8, 4) is 0 Å². The van der Waals surface area contributed by atoms with Crippen molar-refractivity contribution in [2.75, 3.05) is 23.9 Å². The summed E-state index contributed by atoms with van der Waals surface area (Å²) in [5.41, 5.74) is 1.43. The quantitative estimate of drug-likeness (QED) is 0.817. The number of Topliss-reactive ketones (excluding diaryl/α,β-unsaturated/α-hetero) is 1. The van der Waals surface area contributed by atoms with Crippen molar-refractivity contribution in [3.63, 3.8) is 0 Å². The van der Waals surface area contributed by atoms with E-state index in [-0.39, 0.29) is 5.78 Å². The number of sulfone groups is 1. The highest BCUT2D eigenvalue weighted by Gasteiger charge is 2.20. The first kappa shape index (κ1) is 17.0. The van der Waals surface area contributed by atoms with Gasteiger partial charge in [0, 0.05) is 24.1 Å². The second kappa shape index (κ2) is 7.27. The van der Waals surface area contributed by atoms with Crippen LogP contribution in [0, 0.1) is 11.8 Å². The lowest BCUT2D eigenvalue weighted by molar-refractivity contribution is 0.102. The molecule has 2 rings (SSSR count). The van der Waals surface area contributed by atoms with E-state index in [0.29, 0.717) is 11.5 Å². The summed E-state index contributed by atoms with van der Waals surface area (Å²) in [6.07, 6.45) is 6.32. The summed E-state index contributed by atoms with van der Waals surface area (Å²) in [5.74, 6) is 0.687. The van der Waals surface area contributed by atoms with Crippen molar-refractivity contribution in [2.24, 2.45) is 11.8 Å². The first-order valence-corrected chi connectivity index (χ1v) is 9.96. The molecule has 1 aromatic rings. The van der Waals surface area contributed by atoms with Crippen LogP contribution in [0.3, 0.4) is 0 Å². The van der Waals surface area contributed by atoms with Crippen LogP contribution in [0.5, 0.6) is 0 Å². The molecule has 122 valence electrons. The van der Waals surface area contributed by atoms with Gasteiger partial charge in [0.1, 0.15) is 5.75 Å². The second-order valence-electron chi connectivity index (χ2n) is 6.47. The van der Waals surface area contributed by atoms with E-state index < -0.39 is 15.6 Å². The number of ketones is 1. The van der Waals surface area contributed by atoms with Gasteiger partial charge in [-0.05, 0) is 42.5 Å². The number of nitrogens with one attached hydrogen (secondary N) is 1. The van der Waals surface area contributed by atoms with Crippen molar-refractivity contribution in [2.45, 2.75) is 32.6 Å². The van der Waals surface area contributed by atoms with Crippen molar-refractivity contribution in [1.29, 1.82) is 0 Å². The van der Waals surface area contributed by atoms with Gasteiger partial charge in [-0.2, -0.15) is 0 Å². The topological polar surface area (TPSA) is 63.2 Å². The third-order valence-electron chi connectivity index (χ3n) is 4.46. The molecule has 1 N–H and O–H groups in total. The Labute approximate surface area is 133 Å². The van der Waals surface area contributed by atoms with Crippen molar-refractivity contribution in [1.82, 2.24) is 0 Å². The van der Waals surface area contributed by atoms with Crippen LogP contribution in [0.2, 0.25) is 0 Å². The largest absolute Gasteiger partial charge is 0.385 e. The van der Waals surface area contributed by atoms with Crippen LogP contribution in [0.25, 0.3) is 0 Å². The van der Waals surface area contributed by atoms with Gasteiger partial charge < -0.3 is 5.32 Å². The Kier molecular flexibility index (Phi) is 5.62. The number of anilines is 1. The van der Waals surface area contributed by atoms with E-state index in [1.54, 1.807) is 12.1 Å². The fraction of sp³-hybridized carbons (Fsp3) is 0.588. The SMILES string of the molecule is CC1CCCCC1CNc1ccc(C(=O)CS(C)(=O)=O)cc1. The van der Waals surface area contributed by atoms with E-state index in [4.69, 9.17) is 0 Å². The van der Waals surface area contributed by atoms with Crippen molar-refractivity contribution in [3.05, 3.63) is 29.8 Å². The second-order valence-corrected chi connectivity index (χ2v) is 8.61. The first-order chi connectivity index (χ1) is 10.3. The van der Waals surface area contributed by atoms with Gasteiger partial charge in [0.05, 0.1) is 0 Å². The van der Waals surface area contributed by atoms with E-state index in [9.17, 15) is 13.2 Å². The summed E-state index contributed by atoms with van der Waals surface area (Å²) in [4.78, 5) is 11.8. The number of carbonyl (C=O) groups is 1. The van der Waals surface area contributed by atoms with Gasteiger partial charge in [-0.3, -0.25) is 4.79 Å². The molecular formula is C17H25NO3S. The molecule has 4 nitrogen and oxygen atoms in total. The molecule has 1 aliphatic carbocycles. The predicted molar refractivity (Wildman–Crippen MR) is 90.1 cm³/mol. The molecule has 0 heterocycles. The van der Waals surface area contributed by atoms with Gasteiger partial charge in [-0.15, -0.1) is 0 Å². The van der Waals surface area contributed by atoms with Gasteiger partial charge in [-0.1, -0.05) is 26.2 Å². The van der Waals surface area contributed by atoms with Crippen molar-refractivity contribution < 1.29 is 13.2 Å². The van der Waals surface area contributed by atoms with Gasteiger partial charge in [-0.25, -0.2) is 8.42 Å². The Morgan fingerprint density at radius 1 is 1.18 bits per heavy atom. The molecule has 22 heavy (non-hydrogen) atoms. The Bertz CT molecular complexity index is 607. The zero-order valence-corrected chi connectivity index (χ0v) is 14.2. The Morgan fingerprint density at radius 3 is 2.41 bits per heavy atom. The first-order valence-electron chi connectivity index (χ1n) is 7.90. The van der Waals surface area contributed by atoms with Crippen LogP contribution in [0.4, 0.5) is 5.69 Å². The monoisotopic (exact) mass is 323 g/mol. The smallest absolute Gasteiger partial charge is 0.177 e. The summed E-state index contributed by atoms with van der Waals surface area (Å²) in [5, 5.41) is 3.43. The summed E-state index contributed by atoms with van der Waals surface area (Å²) in [6.45, 7) is 3.27. The molecule has 0 amide bonds. The van der Waals surface area contributed by atoms with Crippen LogP contribution >= 0.6 is 0 Å². The van der Waals surface area contributed by atoms with Crippen LogP contribution in [-0.2, 0) is 9.84 Å². The van der Waals surface area contributed by atoms with Crippen LogP contribution in [0.1, 0.15) is 43.0 Å². The van der Waals surface area contributed by atoms with E-state index in [1.165, 1.54) is 25.7 Å². The molecule has 5 heteroatoms. The van der Waals surface area contributed by atoms with E-state index in [1.807, 2.05) is 12.1 Å². The number of benzene rings is 1. The molecule has 2 atom stereocenters. The third-order valence-corrected chi connectivity index (χ3v) is 5.24. The lowest BCUT2D eigenvalue weighted by Gasteiger charge is -2.29. The Hall–Kier alpha value is -1.36. The standard InChI is InChI=1S/C17H25NO3S/c1-13-5-3-4-6-15(13)11-18-16-9-7-14(8-10-16)17(19)12-22(2,20)21/h7-10,13,15,18H,3-6,11-12H2,1-2H3. The van der Waals surface area contributed by atoms with E-state index in [0.717, 1.165) is 24.4 Å². The normalized spacial score (nSPS) is 22.3. The predicted octanol–water partition coefficient (Wildman–Crippen LogP) is 3.15. The maximum absolute atomic E-state index is 11.8. The summed E-state index contributed by atoms with van der Waals surface area (Å²) < 4.78 is 22.3. The van der Waals surface area contributed by atoms with Crippen molar-refractivity contribution >= 4 is 21.3 Å². The molecule has 0 spiro atoms. The average Bonchev–Trinajstić information content (AvgIpc) is 2.45. The number of rotatable bonds is 6. The maximum atomic E-state index is 11.8. The molecule has 1 fully saturated rings. The molecular weight excluding hydrogens is 298 g/mol. The number of hydrogen-bond donors (Lipinski definition) is 1. The minimum Gasteiger partial charge on any atom is -0.385 e. The zero-order valence-electron chi connectivity index (χ0n) is 13.3. The highest BCUT2D eigenvalue weighted by molar-refractivity contribution is 7.91. The van der Waals surface area contributed by atoms with E-state index >= 15 is 0 Å². The lowest BCUT2D eigenvalue weighted by atomic mass is 9.80. The zero-order chi connectivity index (χ0) is 16.2. The van der Waals surface area contributed by atoms with Crippen LogP contribution in [0.15, 0.2) is 24.3 Å². The molecule has 1 aliphatic rings. The van der Waals surface area contributed by atoms with Gasteiger partial charge in [0.15, 0.2) is 15.6 Å². The van der Waals surface area contributed by atoms with Crippen LogP contribution in [-0.4, -0.2) is 32.8 Å². The average molecular weight is 323 g/mol. The molecule has 0 radical (unpaired) electrons. The Balaban J connectivity index is 1.90. The van der Waals surface area contributed by atoms with Gasteiger partial charge >= 0.3 is 0 Å².